The molecule has 1 atom stereocenters. The van der Waals surface area contributed by atoms with Crippen LogP contribution in [-0.4, -0.2) is 33.7 Å². The molecule has 1 fully saturated rings. The second kappa shape index (κ2) is 7.03. The first-order valence-corrected chi connectivity index (χ1v) is 7.96. The van der Waals surface area contributed by atoms with Crippen molar-refractivity contribution >= 4 is 0 Å². The number of H-pyrrole nitrogens is 1. The Balaban J connectivity index is 1.77. The van der Waals surface area contributed by atoms with E-state index in [-0.39, 0.29) is 0 Å². The van der Waals surface area contributed by atoms with E-state index in [0.717, 1.165) is 31.2 Å². The van der Waals surface area contributed by atoms with Gasteiger partial charge in [0.05, 0.1) is 6.04 Å². The van der Waals surface area contributed by atoms with Gasteiger partial charge in [-0.15, -0.1) is 0 Å². The maximum Gasteiger partial charge on any atom is 0.167 e. The molecule has 0 spiro atoms. The average molecular weight is 300 g/mol. The van der Waals surface area contributed by atoms with Crippen molar-refractivity contribution in [2.45, 2.75) is 45.4 Å². The molecule has 5 heteroatoms. The molecule has 1 aliphatic heterocycles. The van der Waals surface area contributed by atoms with Gasteiger partial charge in [-0.2, -0.15) is 5.10 Å². The number of aryl methyl sites for hydroxylation is 1. The number of piperidine rings is 1. The lowest BCUT2D eigenvalue weighted by Crippen LogP contribution is -2.33. The standard InChI is InChI=1S/C17H24N4O/c1-13-7-3-4-8-14(13)11-21-10-6-5-9-15(21)17-18-16(12-22-2)19-20-17/h3-4,7-8,15H,5-6,9-12H2,1-2H3,(H,18,19,20)/t15-/m1/s1. The van der Waals surface area contributed by atoms with Gasteiger partial charge >= 0.3 is 0 Å². The van der Waals surface area contributed by atoms with Gasteiger partial charge in [0.2, 0.25) is 0 Å². The number of hydrogen-bond acceptors (Lipinski definition) is 4. The van der Waals surface area contributed by atoms with Crippen LogP contribution in [0.2, 0.25) is 0 Å². The third-order valence-electron chi connectivity index (χ3n) is 4.38. The first-order valence-electron chi connectivity index (χ1n) is 7.96. The fourth-order valence-corrected chi connectivity index (χ4v) is 3.14. The number of ether oxygens (including phenoxy) is 1. The van der Waals surface area contributed by atoms with Crippen molar-refractivity contribution in [2.24, 2.45) is 0 Å². The topological polar surface area (TPSA) is 54.0 Å². The zero-order chi connectivity index (χ0) is 15.4. The van der Waals surface area contributed by atoms with Crippen molar-refractivity contribution in [3.05, 3.63) is 47.0 Å². The molecule has 22 heavy (non-hydrogen) atoms. The van der Waals surface area contributed by atoms with Crippen molar-refractivity contribution in [3.63, 3.8) is 0 Å². The molecule has 0 unspecified atom stereocenters. The van der Waals surface area contributed by atoms with E-state index in [1.807, 2.05) is 0 Å². The van der Waals surface area contributed by atoms with Crippen molar-refractivity contribution in [2.75, 3.05) is 13.7 Å². The van der Waals surface area contributed by atoms with E-state index in [2.05, 4.69) is 51.3 Å². The summed E-state index contributed by atoms with van der Waals surface area (Å²) in [7, 11) is 1.67. The van der Waals surface area contributed by atoms with Gasteiger partial charge in [-0.05, 0) is 37.4 Å². The van der Waals surface area contributed by atoms with Crippen LogP contribution >= 0.6 is 0 Å². The zero-order valence-corrected chi connectivity index (χ0v) is 13.4. The van der Waals surface area contributed by atoms with Gasteiger partial charge in [0.15, 0.2) is 11.6 Å². The normalized spacial score (nSPS) is 19.5. The van der Waals surface area contributed by atoms with Crippen molar-refractivity contribution in [1.82, 2.24) is 20.1 Å². The summed E-state index contributed by atoms with van der Waals surface area (Å²) in [6, 6.07) is 8.91. The maximum atomic E-state index is 5.12. The zero-order valence-electron chi connectivity index (χ0n) is 13.4. The van der Waals surface area contributed by atoms with Crippen molar-refractivity contribution in [1.29, 1.82) is 0 Å². The monoisotopic (exact) mass is 300 g/mol. The highest BCUT2D eigenvalue weighted by Gasteiger charge is 2.27. The predicted molar refractivity (Wildman–Crippen MR) is 85.3 cm³/mol. The molecule has 1 aromatic carbocycles. The minimum Gasteiger partial charge on any atom is -0.377 e. The Morgan fingerprint density at radius 3 is 3.00 bits per heavy atom. The molecule has 0 aliphatic carbocycles. The van der Waals surface area contributed by atoms with Crippen LogP contribution in [0.25, 0.3) is 0 Å². The molecule has 0 amide bonds. The highest BCUT2D eigenvalue weighted by molar-refractivity contribution is 5.25. The number of methoxy groups -OCH3 is 1. The predicted octanol–water partition coefficient (Wildman–Crippen LogP) is 2.99. The number of aromatic nitrogens is 3. The average Bonchev–Trinajstić information content (AvgIpc) is 2.99. The number of nitrogens with one attached hydrogen (secondary N) is 1. The first kappa shape index (κ1) is 15.2. The van der Waals surface area contributed by atoms with Gasteiger partial charge in [-0.3, -0.25) is 10.00 Å². The Bertz CT molecular complexity index is 610. The van der Waals surface area contributed by atoms with E-state index in [9.17, 15) is 0 Å². The molecule has 0 saturated carbocycles. The maximum absolute atomic E-state index is 5.12. The molecule has 1 saturated heterocycles. The van der Waals surface area contributed by atoms with E-state index in [1.54, 1.807) is 7.11 Å². The smallest absolute Gasteiger partial charge is 0.167 e. The molecule has 1 aliphatic rings. The molecule has 0 radical (unpaired) electrons. The highest BCUT2D eigenvalue weighted by Crippen LogP contribution is 2.30. The van der Waals surface area contributed by atoms with Crippen LogP contribution in [-0.2, 0) is 17.9 Å². The van der Waals surface area contributed by atoms with Gasteiger partial charge in [0, 0.05) is 13.7 Å². The van der Waals surface area contributed by atoms with Gasteiger partial charge < -0.3 is 4.74 Å². The Kier molecular flexibility index (Phi) is 4.85. The van der Waals surface area contributed by atoms with Crippen LogP contribution in [0.15, 0.2) is 24.3 Å². The fraction of sp³-hybridized carbons (Fsp3) is 0.529. The summed E-state index contributed by atoms with van der Waals surface area (Å²) in [5, 5.41) is 7.40. The Labute approximate surface area is 131 Å². The molecular formula is C17H24N4O. The number of nitrogens with zero attached hydrogens (tertiary/aromatic N) is 3. The van der Waals surface area contributed by atoms with Gasteiger partial charge in [-0.25, -0.2) is 4.98 Å². The lowest BCUT2D eigenvalue weighted by Gasteiger charge is -2.34. The van der Waals surface area contributed by atoms with Crippen LogP contribution in [0.3, 0.4) is 0 Å². The minimum absolute atomic E-state index is 0.301. The van der Waals surface area contributed by atoms with E-state index < -0.39 is 0 Å². The van der Waals surface area contributed by atoms with E-state index >= 15 is 0 Å². The Hall–Kier alpha value is -1.72. The SMILES string of the molecule is COCc1nc([C@H]2CCCCN2Cc2ccccc2C)n[nH]1. The second-order valence-corrected chi connectivity index (χ2v) is 5.98. The van der Waals surface area contributed by atoms with E-state index in [0.29, 0.717) is 12.6 Å². The van der Waals surface area contributed by atoms with Crippen LogP contribution in [0.5, 0.6) is 0 Å². The van der Waals surface area contributed by atoms with Gasteiger partial charge in [0.25, 0.3) is 0 Å². The third kappa shape index (κ3) is 3.36. The summed E-state index contributed by atoms with van der Waals surface area (Å²) >= 11 is 0. The molecule has 2 heterocycles. The number of rotatable bonds is 5. The largest absolute Gasteiger partial charge is 0.377 e. The number of likely N-dealkylation sites (tertiary alicyclic amines) is 1. The minimum atomic E-state index is 0.301. The molecule has 0 bridgehead atoms. The lowest BCUT2D eigenvalue weighted by molar-refractivity contribution is 0.133. The van der Waals surface area contributed by atoms with E-state index in [1.165, 1.54) is 24.0 Å². The van der Waals surface area contributed by atoms with Crippen molar-refractivity contribution < 1.29 is 4.74 Å². The van der Waals surface area contributed by atoms with Crippen LogP contribution in [0, 0.1) is 6.92 Å². The summed E-state index contributed by atoms with van der Waals surface area (Å²) in [4.78, 5) is 7.11. The summed E-state index contributed by atoms with van der Waals surface area (Å²) in [5.41, 5.74) is 2.74. The van der Waals surface area contributed by atoms with Crippen LogP contribution < -0.4 is 0 Å². The van der Waals surface area contributed by atoms with E-state index in [4.69, 9.17) is 4.74 Å². The molecule has 5 nitrogen and oxygen atoms in total. The lowest BCUT2D eigenvalue weighted by atomic mass is 9.99. The molecule has 3 rings (SSSR count). The Morgan fingerprint density at radius 2 is 2.18 bits per heavy atom. The highest BCUT2D eigenvalue weighted by atomic mass is 16.5. The number of benzene rings is 1. The second-order valence-electron chi connectivity index (χ2n) is 5.98. The molecule has 2 aromatic rings. The molecule has 118 valence electrons. The van der Waals surface area contributed by atoms with Gasteiger partial charge in [0.1, 0.15) is 6.61 Å². The Morgan fingerprint density at radius 1 is 1.32 bits per heavy atom. The van der Waals surface area contributed by atoms with Gasteiger partial charge in [-0.1, -0.05) is 30.7 Å². The van der Waals surface area contributed by atoms with Crippen molar-refractivity contribution in [3.8, 4) is 0 Å². The summed E-state index contributed by atoms with van der Waals surface area (Å²) in [5.74, 6) is 1.71. The van der Waals surface area contributed by atoms with Crippen LogP contribution in [0.1, 0.15) is 48.1 Å². The molecule has 1 aromatic heterocycles. The first-order chi connectivity index (χ1) is 10.8. The number of aromatic amines is 1. The third-order valence-corrected chi connectivity index (χ3v) is 4.38. The number of hydrogen-bond donors (Lipinski definition) is 1. The fourth-order valence-electron chi connectivity index (χ4n) is 3.14. The summed E-state index contributed by atoms with van der Waals surface area (Å²) in [6.07, 6.45) is 3.61. The molecular weight excluding hydrogens is 276 g/mol. The molecule has 1 N–H and O–H groups in total. The summed E-state index contributed by atoms with van der Waals surface area (Å²) in [6.45, 7) is 4.73. The quantitative estimate of drug-likeness (QED) is 0.922. The van der Waals surface area contributed by atoms with Crippen LogP contribution in [0.4, 0.5) is 0 Å². The summed E-state index contributed by atoms with van der Waals surface area (Å²) < 4.78 is 5.12.